The summed E-state index contributed by atoms with van der Waals surface area (Å²) in [5, 5.41) is 12.2. The van der Waals surface area contributed by atoms with Crippen LogP contribution in [0.1, 0.15) is 28.8 Å². The van der Waals surface area contributed by atoms with Crippen molar-refractivity contribution in [2.75, 3.05) is 12.0 Å². The molecule has 1 aliphatic rings. The fraction of sp³-hybridized carbons (Fsp3) is 0.286. The number of hydrogen-bond acceptors (Lipinski definition) is 6. The summed E-state index contributed by atoms with van der Waals surface area (Å²) < 4.78 is 2.15. The number of fused-ring (bicyclic) bond motifs is 5. The Morgan fingerprint density at radius 1 is 1.11 bits per heavy atom. The van der Waals surface area contributed by atoms with Gasteiger partial charge >= 0.3 is 0 Å². The Hall–Kier alpha value is -1.83. The van der Waals surface area contributed by atoms with Crippen LogP contribution < -0.4 is 0 Å². The quantitative estimate of drug-likeness (QED) is 0.302. The van der Waals surface area contributed by atoms with E-state index in [4.69, 9.17) is 4.98 Å². The van der Waals surface area contributed by atoms with Crippen LogP contribution in [0.2, 0.25) is 0 Å². The Labute approximate surface area is 176 Å². The molecule has 5 rings (SSSR count). The molecular formula is C21H20N4S3. The Morgan fingerprint density at radius 2 is 1.96 bits per heavy atom. The van der Waals surface area contributed by atoms with Gasteiger partial charge in [0.15, 0.2) is 16.0 Å². The van der Waals surface area contributed by atoms with Gasteiger partial charge in [0.2, 0.25) is 0 Å². The number of thiophene rings is 1. The van der Waals surface area contributed by atoms with Crippen LogP contribution in [0.5, 0.6) is 0 Å². The molecule has 3 heterocycles. The van der Waals surface area contributed by atoms with E-state index in [1.807, 2.05) is 17.4 Å². The first-order valence-electron chi connectivity index (χ1n) is 9.43. The van der Waals surface area contributed by atoms with Gasteiger partial charge < -0.3 is 0 Å². The monoisotopic (exact) mass is 424 g/mol. The van der Waals surface area contributed by atoms with Crippen LogP contribution in [0, 0.1) is 0 Å². The van der Waals surface area contributed by atoms with Crippen molar-refractivity contribution >= 4 is 56.8 Å². The van der Waals surface area contributed by atoms with Gasteiger partial charge in [-0.3, -0.25) is 0 Å². The first-order valence-corrected chi connectivity index (χ1v) is 12.5. The number of hydrogen-bond donors (Lipinski definition) is 0. The fourth-order valence-electron chi connectivity index (χ4n) is 3.70. The first kappa shape index (κ1) is 18.2. The topological polar surface area (TPSA) is 43.1 Å². The molecule has 28 heavy (non-hydrogen) atoms. The van der Waals surface area contributed by atoms with Crippen molar-refractivity contribution in [3.05, 3.63) is 52.4 Å². The van der Waals surface area contributed by atoms with Gasteiger partial charge in [-0.15, -0.1) is 21.5 Å². The zero-order valence-corrected chi connectivity index (χ0v) is 18.0. The second-order valence-corrected chi connectivity index (χ2v) is 9.60. The van der Waals surface area contributed by atoms with Crippen LogP contribution in [0.3, 0.4) is 0 Å². The molecule has 4 aromatic rings. The van der Waals surface area contributed by atoms with Gasteiger partial charge in [-0.1, -0.05) is 66.0 Å². The average molecular weight is 425 g/mol. The standard InChI is InChI=1S/C21H20N4S3/c1-26-20-22-19-17(15-11-5-6-12-16(15)28-19)18-23-24-21(25(18)20)27-13-7-10-14-8-3-2-4-9-14/h2-4,7-10H,5-6,11-13H2,1H3/b10-7+. The highest BCUT2D eigenvalue weighted by Crippen LogP contribution is 2.39. The van der Waals surface area contributed by atoms with Crippen molar-refractivity contribution < 1.29 is 0 Å². The van der Waals surface area contributed by atoms with Crippen LogP contribution in [0.15, 0.2) is 46.7 Å². The Morgan fingerprint density at radius 3 is 2.82 bits per heavy atom. The van der Waals surface area contributed by atoms with Gasteiger partial charge in [-0.2, -0.15) is 0 Å². The number of thioether (sulfide) groups is 2. The van der Waals surface area contributed by atoms with Crippen LogP contribution >= 0.6 is 34.9 Å². The number of benzene rings is 1. The normalized spacial score (nSPS) is 14.3. The molecular weight excluding hydrogens is 404 g/mol. The first-order chi connectivity index (χ1) is 13.8. The van der Waals surface area contributed by atoms with E-state index >= 15 is 0 Å². The van der Waals surface area contributed by atoms with E-state index in [2.05, 4.69) is 57.3 Å². The lowest BCUT2D eigenvalue weighted by molar-refractivity contribution is 0.700. The summed E-state index contributed by atoms with van der Waals surface area (Å²) in [5.41, 5.74) is 3.65. The van der Waals surface area contributed by atoms with Crippen LogP contribution in [0.25, 0.3) is 21.9 Å². The minimum atomic E-state index is 0.850. The molecule has 1 aromatic carbocycles. The third-order valence-electron chi connectivity index (χ3n) is 5.00. The van der Waals surface area contributed by atoms with Crippen molar-refractivity contribution in [2.24, 2.45) is 0 Å². The molecule has 0 spiro atoms. The van der Waals surface area contributed by atoms with E-state index in [1.165, 1.54) is 40.7 Å². The molecule has 0 saturated heterocycles. The van der Waals surface area contributed by atoms with E-state index in [-0.39, 0.29) is 0 Å². The van der Waals surface area contributed by atoms with Gasteiger partial charge in [0, 0.05) is 10.6 Å². The summed E-state index contributed by atoms with van der Waals surface area (Å²) in [5.74, 6) is 0.850. The highest BCUT2D eigenvalue weighted by molar-refractivity contribution is 7.99. The minimum absolute atomic E-state index is 0.850. The third kappa shape index (κ3) is 3.25. The molecule has 142 valence electrons. The number of aromatic nitrogens is 4. The molecule has 0 saturated carbocycles. The predicted molar refractivity (Wildman–Crippen MR) is 121 cm³/mol. The molecule has 0 aliphatic heterocycles. The second-order valence-electron chi connectivity index (χ2n) is 6.76. The van der Waals surface area contributed by atoms with E-state index in [9.17, 15) is 0 Å². The predicted octanol–water partition coefficient (Wildman–Crippen LogP) is 5.75. The number of aryl methyl sites for hydroxylation is 2. The van der Waals surface area contributed by atoms with Crippen molar-refractivity contribution in [3.8, 4) is 0 Å². The van der Waals surface area contributed by atoms with Gasteiger partial charge in [-0.05, 0) is 43.1 Å². The summed E-state index contributed by atoms with van der Waals surface area (Å²) >= 11 is 5.22. The molecule has 0 amide bonds. The van der Waals surface area contributed by atoms with Crippen molar-refractivity contribution in [3.63, 3.8) is 0 Å². The van der Waals surface area contributed by atoms with E-state index in [0.717, 1.165) is 33.0 Å². The zero-order valence-electron chi connectivity index (χ0n) is 15.6. The minimum Gasteiger partial charge on any atom is -0.248 e. The highest BCUT2D eigenvalue weighted by atomic mass is 32.2. The van der Waals surface area contributed by atoms with Crippen molar-refractivity contribution in [1.82, 2.24) is 19.6 Å². The molecule has 1 aliphatic carbocycles. The zero-order chi connectivity index (χ0) is 18.9. The van der Waals surface area contributed by atoms with E-state index in [0.29, 0.717) is 0 Å². The smallest absolute Gasteiger partial charge is 0.198 e. The molecule has 4 nitrogen and oxygen atoms in total. The van der Waals surface area contributed by atoms with E-state index in [1.54, 1.807) is 23.5 Å². The lowest BCUT2D eigenvalue weighted by Gasteiger charge is -2.10. The maximum absolute atomic E-state index is 4.97. The Bertz CT molecular complexity index is 1160. The molecule has 0 N–H and O–H groups in total. The van der Waals surface area contributed by atoms with Gasteiger partial charge in [-0.25, -0.2) is 9.38 Å². The maximum atomic E-state index is 4.97. The molecule has 0 atom stereocenters. The number of nitrogens with zero attached hydrogens (tertiary/aromatic N) is 4. The second kappa shape index (κ2) is 7.89. The van der Waals surface area contributed by atoms with Crippen LogP contribution in [-0.4, -0.2) is 31.6 Å². The largest absolute Gasteiger partial charge is 0.248 e. The molecule has 0 radical (unpaired) electrons. The van der Waals surface area contributed by atoms with Crippen molar-refractivity contribution in [2.45, 2.75) is 36.0 Å². The molecule has 0 bridgehead atoms. The third-order valence-corrected chi connectivity index (χ3v) is 7.71. The van der Waals surface area contributed by atoms with Gasteiger partial charge in [0.1, 0.15) is 4.83 Å². The van der Waals surface area contributed by atoms with Gasteiger partial charge in [0.05, 0.1) is 5.39 Å². The summed E-state index contributed by atoms with van der Waals surface area (Å²) in [4.78, 5) is 7.59. The van der Waals surface area contributed by atoms with Crippen LogP contribution in [0.4, 0.5) is 0 Å². The molecule has 7 heteroatoms. The average Bonchev–Trinajstić information content (AvgIpc) is 3.32. The van der Waals surface area contributed by atoms with Gasteiger partial charge in [0.25, 0.3) is 0 Å². The van der Waals surface area contributed by atoms with E-state index < -0.39 is 0 Å². The summed E-state index contributed by atoms with van der Waals surface area (Å²) in [6.45, 7) is 0. The maximum Gasteiger partial charge on any atom is 0.198 e. The molecule has 0 fully saturated rings. The molecule has 3 aromatic heterocycles. The lowest BCUT2D eigenvalue weighted by atomic mass is 9.97. The summed E-state index contributed by atoms with van der Waals surface area (Å²) in [6.07, 6.45) is 11.3. The molecule has 0 unspecified atom stereocenters. The Balaban J connectivity index is 1.50. The highest BCUT2D eigenvalue weighted by Gasteiger charge is 2.23. The summed E-state index contributed by atoms with van der Waals surface area (Å²) in [6, 6.07) is 10.4. The Kier molecular flexibility index (Phi) is 5.13. The lowest BCUT2D eigenvalue weighted by Crippen LogP contribution is -2.00. The fourth-order valence-corrected chi connectivity index (χ4v) is 6.35. The SMILES string of the molecule is CSc1nc2sc3c(c2c2nnc(SC/C=C/c4ccccc4)n12)CCCC3. The van der Waals surface area contributed by atoms with Crippen molar-refractivity contribution in [1.29, 1.82) is 0 Å². The van der Waals surface area contributed by atoms with Crippen LogP contribution in [-0.2, 0) is 12.8 Å². The summed E-state index contributed by atoms with van der Waals surface area (Å²) in [7, 11) is 0. The number of rotatable bonds is 5.